The summed E-state index contributed by atoms with van der Waals surface area (Å²) in [7, 11) is 0. The molecule has 0 rings (SSSR count). The van der Waals surface area contributed by atoms with Gasteiger partial charge in [-0.1, -0.05) is 41.5 Å². The van der Waals surface area contributed by atoms with Gasteiger partial charge in [0.05, 0.1) is 5.92 Å². The lowest BCUT2D eigenvalue weighted by atomic mass is 9.81. The first-order chi connectivity index (χ1) is 7.22. The number of amides is 1. The lowest BCUT2D eigenvalue weighted by Crippen LogP contribution is -2.43. The van der Waals surface area contributed by atoms with Crippen molar-refractivity contribution in [3.63, 3.8) is 0 Å². The van der Waals surface area contributed by atoms with Gasteiger partial charge in [-0.15, -0.1) is 0 Å². The molecule has 0 aromatic rings. The third-order valence-electron chi connectivity index (χ3n) is 3.68. The van der Waals surface area contributed by atoms with Gasteiger partial charge >= 0.3 is 0 Å². The van der Waals surface area contributed by atoms with E-state index in [1.807, 2.05) is 13.8 Å². The summed E-state index contributed by atoms with van der Waals surface area (Å²) in [6.45, 7) is 13.9. The molecule has 1 unspecified atom stereocenters. The first-order valence-corrected chi connectivity index (χ1v) is 6.20. The number of hydrogen-bond acceptors (Lipinski definition) is 2. The van der Waals surface area contributed by atoms with E-state index in [4.69, 9.17) is 5.73 Å². The Morgan fingerprint density at radius 3 is 2.06 bits per heavy atom. The predicted molar refractivity (Wildman–Crippen MR) is 69.0 cm³/mol. The summed E-state index contributed by atoms with van der Waals surface area (Å²) < 4.78 is 0. The molecule has 0 radical (unpaired) electrons. The fourth-order valence-corrected chi connectivity index (χ4v) is 1.33. The molecule has 1 atom stereocenters. The largest absolute Gasteiger partial charge is 0.355 e. The fourth-order valence-electron chi connectivity index (χ4n) is 1.33. The molecule has 0 bridgehead atoms. The van der Waals surface area contributed by atoms with Crippen LogP contribution in [0.4, 0.5) is 0 Å². The molecular formula is C13H28N2O. The van der Waals surface area contributed by atoms with Gasteiger partial charge in [-0.25, -0.2) is 0 Å². The molecule has 0 saturated heterocycles. The molecule has 0 aliphatic heterocycles. The lowest BCUT2D eigenvalue weighted by molar-refractivity contribution is -0.126. The number of carbonyl (C=O) groups is 1. The minimum absolute atomic E-state index is 0.0667. The lowest BCUT2D eigenvalue weighted by Gasteiger charge is -2.30. The second kappa shape index (κ2) is 6.24. The first kappa shape index (κ1) is 15.4. The van der Waals surface area contributed by atoms with E-state index >= 15 is 0 Å². The molecule has 0 aliphatic carbocycles. The maximum Gasteiger partial charge on any atom is 0.224 e. The topological polar surface area (TPSA) is 55.1 Å². The molecule has 0 fully saturated rings. The van der Waals surface area contributed by atoms with Crippen LogP contribution in [0, 0.1) is 23.2 Å². The van der Waals surface area contributed by atoms with Gasteiger partial charge in [-0.05, 0) is 17.3 Å². The Kier molecular flexibility index (Phi) is 6.01. The average Bonchev–Trinajstić information content (AvgIpc) is 2.15. The second-order valence-electron chi connectivity index (χ2n) is 5.95. The monoisotopic (exact) mass is 228 g/mol. The van der Waals surface area contributed by atoms with E-state index < -0.39 is 0 Å². The van der Waals surface area contributed by atoms with Crippen molar-refractivity contribution >= 4 is 5.91 Å². The van der Waals surface area contributed by atoms with Gasteiger partial charge in [0.25, 0.3) is 0 Å². The molecule has 3 heteroatoms. The zero-order chi connectivity index (χ0) is 12.9. The summed E-state index contributed by atoms with van der Waals surface area (Å²) in [6.07, 6.45) is 0. The van der Waals surface area contributed by atoms with Gasteiger partial charge in [-0.3, -0.25) is 4.79 Å². The van der Waals surface area contributed by atoms with Crippen molar-refractivity contribution in [1.29, 1.82) is 0 Å². The van der Waals surface area contributed by atoms with Crippen molar-refractivity contribution in [3.8, 4) is 0 Å². The van der Waals surface area contributed by atoms with E-state index in [0.29, 0.717) is 24.9 Å². The highest BCUT2D eigenvalue weighted by molar-refractivity contribution is 5.79. The number of nitrogens with one attached hydrogen (secondary N) is 1. The van der Waals surface area contributed by atoms with E-state index in [1.54, 1.807) is 0 Å². The van der Waals surface area contributed by atoms with Gasteiger partial charge < -0.3 is 11.1 Å². The normalized spacial score (nSPS) is 14.3. The summed E-state index contributed by atoms with van der Waals surface area (Å²) in [4.78, 5) is 11.9. The van der Waals surface area contributed by atoms with Crippen LogP contribution < -0.4 is 11.1 Å². The van der Waals surface area contributed by atoms with Crippen molar-refractivity contribution in [2.45, 2.75) is 41.5 Å². The number of carbonyl (C=O) groups excluding carboxylic acids is 1. The Balaban J connectivity index is 4.26. The first-order valence-electron chi connectivity index (χ1n) is 6.20. The summed E-state index contributed by atoms with van der Waals surface area (Å²) in [6, 6.07) is 0. The fraction of sp³-hybridized carbons (Fsp3) is 0.923. The van der Waals surface area contributed by atoms with Crippen LogP contribution in [0.3, 0.4) is 0 Å². The second-order valence-corrected chi connectivity index (χ2v) is 5.95. The van der Waals surface area contributed by atoms with Crippen molar-refractivity contribution in [2.24, 2.45) is 28.9 Å². The molecule has 96 valence electrons. The highest BCUT2D eigenvalue weighted by atomic mass is 16.1. The number of nitrogens with two attached hydrogens (primary N) is 1. The molecule has 0 saturated carbocycles. The van der Waals surface area contributed by atoms with Crippen LogP contribution in [-0.2, 0) is 4.79 Å². The molecule has 0 aliphatic rings. The third-order valence-corrected chi connectivity index (χ3v) is 3.68. The maximum absolute atomic E-state index is 11.9. The van der Waals surface area contributed by atoms with Gasteiger partial charge in [-0.2, -0.15) is 0 Å². The van der Waals surface area contributed by atoms with E-state index in [0.717, 1.165) is 0 Å². The standard InChI is InChI=1S/C13H28N2O/c1-9(2)11(7-14)12(16)15-8-13(5,6)10(3)4/h9-11H,7-8,14H2,1-6H3,(H,15,16). The van der Waals surface area contributed by atoms with Crippen molar-refractivity contribution in [3.05, 3.63) is 0 Å². The van der Waals surface area contributed by atoms with Crippen molar-refractivity contribution < 1.29 is 4.79 Å². The van der Waals surface area contributed by atoms with E-state index in [9.17, 15) is 4.79 Å². The summed E-state index contributed by atoms with van der Waals surface area (Å²) in [5.41, 5.74) is 5.74. The SMILES string of the molecule is CC(C)C(CN)C(=O)NCC(C)(C)C(C)C. The Labute approximate surface area is 100 Å². The smallest absolute Gasteiger partial charge is 0.224 e. The number of rotatable bonds is 6. The van der Waals surface area contributed by atoms with Gasteiger partial charge in [0.2, 0.25) is 5.91 Å². The molecule has 3 nitrogen and oxygen atoms in total. The summed E-state index contributed by atoms with van der Waals surface area (Å²) >= 11 is 0. The molecule has 0 aromatic carbocycles. The Bertz CT molecular complexity index is 222. The molecule has 3 N–H and O–H groups in total. The van der Waals surface area contributed by atoms with Crippen LogP contribution in [0.5, 0.6) is 0 Å². The van der Waals surface area contributed by atoms with E-state index in [2.05, 4.69) is 33.0 Å². The van der Waals surface area contributed by atoms with Crippen molar-refractivity contribution in [1.82, 2.24) is 5.32 Å². The minimum atomic E-state index is -0.0667. The van der Waals surface area contributed by atoms with Crippen LogP contribution in [0.1, 0.15) is 41.5 Å². The van der Waals surface area contributed by atoms with Crippen LogP contribution >= 0.6 is 0 Å². The van der Waals surface area contributed by atoms with Crippen LogP contribution in [0.15, 0.2) is 0 Å². The average molecular weight is 228 g/mol. The highest BCUT2D eigenvalue weighted by Crippen LogP contribution is 2.24. The Hall–Kier alpha value is -0.570. The third kappa shape index (κ3) is 4.52. The summed E-state index contributed by atoms with van der Waals surface area (Å²) in [5.74, 6) is 0.865. The minimum Gasteiger partial charge on any atom is -0.355 e. The summed E-state index contributed by atoms with van der Waals surface area (Å²) in [5, 5.41) is 3.02. The Morgan fingerprint density at radius 1 is 1.25 bits per heavy atom. The van der Waals surface area contributed by atoms with Crippen LogP contribution in [0.25, 0.3) is 0 Å². The Morgan fingerprint density at radius 2 is 1.75 bits per heavy atom. The van der Waals surface area contributed by atoms with Gasteiger partial charge in [0.1, 0.15) is 0 Å². The molecule has 1 amide bonds. The zero-order valence-corrected chi connectivity index (χ0v) is 11.6. The number of hydrogen-bond donors (Lipinski definition) is 2. The molecular weight excluding hydrogens is 200 g/mol. The molecule has 16 heavy (non-hydrogen) atoms. The van der Waals surface area contributed by atoms with E-state index in [-0.39, 0.29) is 17.2 Å². The van der Waals surface area contributed by atoms with Gasteiger partial charge in [0.15, 0.2) is 0 Å². The van der Waals surface area contributed by atoms with Crippen molar-refractivity contribution in [2.75, 3.05) is 13.1 Å². The maximum atomic E-state index is 11.9. The predicted octanol–water partition coefficient (Wildman–Crippen LogP) is 2.02. The van der Waals surface area contributed by atoms with Gasteiger partial charge in [0, 0.05) is 13.1 Å². The zero-order valence-electron chi connectivity index (χ0n) is 11.6. The van der Waals surface area contributed by atoms with E-state index in [1.165, 1.54) is 0 Å². The quantitative estimate of drug-likeness (QED) is 0.730. The molecule has 0 spiro atoms. The highest BCUT2D eigenvalue weighted by Gasteiger charge is 2.26. The molecule has 0 heterocycles. The molecule has 0 aromatic heterocycles. The van der Waals surface area contributed by atoms with Crippen LogP contribution in [0.2, 0.25) is 0 Å². The van der Waals surface area contributed by atoms with Crippen LogP contribution in [-0.4, -0.2) is 19.0 Å².